The van der Waals surface area contributed by atoms with Gasteiger partial charge in [0.25, 0.3) is 11.5 Å². The first-order valence-electron chi connectivity index (χ1n) is 10.7. The monoisotopic (exact) mass is 436 g/mol. The van der Waals surface area contributed by atoms with Crippen molar-refractivity contribution in [1.82, 2.24) is 19.8 Å². The Hall–Kier alpha value is -3.00. The van der Waals surface area contributed by atoms with E-state index in [4.69, 9.17) is 0 Å². The van der Waals surface area contributed by atoms with Crippen LogP contribution in [0.25, 0.3) is 10.2 Å². The summed E-state index contributed by atoms with van der Waals surface area (Å²) >= 11 is 1.59. The average molecular weight is 437 g/mol. The topological polar surface area (TPSA) is 84.3 Å². The number of benzene rings is 1. The molecule has 2 amide bonds. The summed E-state index contributed by atoms with van der Waals surface area (Å²) in [6.45, 7) is 1.93. The van der Waals surface area contributed by atoms with Crippen LogP contribution < -0.4 is 10.9 Å². The van der Waals surface area contributed by atoms with Gasteiger partial charge in [0, 0.05) is 30.1 Å². The van der Waals surface area contributed by atoms with Crippen LogP contribution >= 0.6 is 11.3 Å². The zero-order valence-corrected chi connectivity index (χ0v) is 18.0. The fraction of sp³-hybridized carbons (Fsp3) is 0.391. The second-order valence-corrected chi connectivity index (χ2v) is 9.27. The molecule has 0 unspecified atom stereocenters. The maximum absolute atomic E-state index is 12.9. The summed E-state index contributed by atoms with van der Waals surface area (Å²) in [7, 11) is 0. The summed E-state index contributed by atoms with van der Waals surface area (Å²) in [4.78, 5) is 46.1. The van der Waals surface area contributed by atoms with Gasteiger partial charge in [-0.1, -0.05) is 12.1 Å². The predicted octanol–water partition coefficient (Wildman–Crippen LogP) is 2.50. The number of thiophene rings is 1. The molecule has 1 aliphatic heterocycles. The smallest absolute Gasteiger partial charge is 0.262 e. The molecule has 2 aromatic heterocycles. The minimum atomic E-state index is -0.243. The number of carbonyl (C=O) groups is 2. The largest absolute Gasteiger partial charge is 0.350 e. The van der Waals surface area contributed by atoms with Crippen LogP contribution in [0.15, 0.2) is 35.4 Å². The zero-order chi connectivity index (χ0) is 21.4. The lowest BCUT2D eigenvalue weighted by atomic mass is 10.1. The third-order valence-corrected chi connectivity index (χ3v) is 7.29. The Morgan fingerprint density at radius 1 is 1.06 bits per heavy atom. The lowest BCUT2D eigenvalue weighted by molar-refractivity contribution is -0.121. The molecule has 1 fully saturated rings. The molecule has 1 N–H and O–H groups in total. The van der Waals surface area contributed by atoms with E-state index < -0.39 is 0 Å². The molecule has 0 bridgehead atoms. The molecule has 3 aromatic rings. The SMILES string of the molecule is O=C(Cn1cnc2sc3c(c2c1=O)CCC3)NCc1ccc(C(=O)N2CCCC2)cc1. The number of hydrogen-bond donors (Lipinski definition) is 1. The second kappa shape index (κ2) is 8.26. The fourth-order valence-electron chi connectivity index (χ4n) is 4.41. The molecule has 0 radical (unpaired) electrons. The molecule has 31 heavy (non-hydrogen) atoms. The summed E-state index contributed by atoms with van der Waals surface area (Å²) in [5.74, 6) is -0.178. The van der Waals surface area contributed by atoms with Crippen molar-refractivity contribution in [3.8, 4) is 0 Å². The number of likely N-dealkylation sites (tertiary alicyclic amines) is 1. The second-order valence-electron chi connectivity index (χ2n) is 8.19. The molecule has 0 saturated carbocycles. The molecular weight excluding hydrogens is 412 g/mol. The van der Waals surface area contributed by atoms with E-state index in [-0.39, 0.29) is 23.9 Å². The van der Waals surface area contributed by atoms with Gasteiger partial charge in [-0.3, -0.25) is 19.0 Å². The van der Waals surface area contributed by atoms with Gasteiger partial charge in [0.15, 0.2) is 0 Å². The van der Waals surface area contributed by atoms with Crippen LogP contribution in [0.2, 0.25) is 0 Å². The molecule has 1 aromatic carbocycles. The third-order valence-electron chi connectivity index (χ3n) is 6.09. The maximum atomic E-state index is 12.9. The number of rotatable bonds is 5. The van der Waals surface area contributed by atoms with Gasteiger partial charge in [0.05, 0.1) is 11.7 Å². The van der Waals surface area contributed by atoms with Crippen molar-refractivity contribution in [1.29, 1.82) is 0 Å². The number of hydrogen-bond acceptors (Lipinski definition) is 5. The van der Waals surface area contributed by atoms with E-state index in [9.17, 15) is 14.4 Å². The number of aromatic nitrogens is 2. The van der Waals surface area contributed by atoms with Crippen molar-refractivity contribution >= 4 is 33.4 Å². The van der Waals surface area contributed by atoms with Crippen LogP contribution in [-0.4, -0.2) is 39.4 Å². The summed E-state index contributed by atoms with van der Waals surface area (Å²) < 4.78 is 1.39. The van der Waals surface area contributed by atoms with E-state index in [2.05, 4.69) is 10.3 Å². The predicted molar refractivity (Wildman–Crippen MR) is 119 cm³/mol. The highest BCUT2D eigenvalue weighted by atomic mass is 32.1. The minimum absolute atomic E-state index is 0.0576. The summed E-state index contributed by atoms with van der Waals surface area (Å²) in [5, 5.41) is 3.54. The van der Waals surface area contributed by atoms with E-state index in [1.54, 1.807) is 11.3 Å². The molecule has 3 heterocycles. The Morgan fingerprint density at radius 3 is 2.61 bits per heavy atom. The number of nitrogens with one attached hydrogen (secondary N) is 1. The maximum Gasteiger partial charge on any atom is 0.262 e. The Balaban J connectivity index is 1.22. The van der Waals surface area contributed by atoms with Crippen molar-refractivity contribution in [2.75, 3.05) is 13.1 Å². The highest BCUT2D eigenvalue weighted by molar-refractivity contribution is 7.18. The first-order valence-corrected chi connectivity index (χ1v) is 11.6. The van der Waals surface area contributed by atoms with Crippen LogP contribution in [-0.2, 0) is 30.7 Å². The number of nitrogens with zero attached hydrogens (tertiary/aromatic N) is 3. The van der Waals surface area contributed by atoms with Crippen LogP contribution in [0.5, 0.6) is 0 Å². The van der Waals surface area contributed by atoms with Gasteiger partial charge in [-0.15, -0.1) is 11.3 Å². The Labute approximate surface area is 183 Å². The van der Waals surface area contributed by atoms with Gasteiger partial charge in [0.2, 0.25) is 5.91 Å². The molecule has 0 atom stereocenters. The van der Waals surface area contributed by atoms with E-state index >= 15 is 0 Å². The van der Waals surface area contributed by atoms with Gasteiger partial charge >= 0.3 is 0 Å². The van der Waals surface area contributed by atoms with Crippen LogP contribution in [0, 0.1) is 0 Å². The van der Waals surface area contributed by atoms with Crippen LogP contribution in [0.4, 0.5) is 0 Å². The Morgan fingerprint density at radius 2 is 1.84 bits per heavy atom. The molecule has 5 rings (SSSR count). The summed E-state index contributed by atoms with van der Waals surface area (Å²) in [5.41, 5.74) is 2.56. The number of fused-ring (bicyclic) bond motifs is 3. The molecule has 1 aliphatic carbocycles. The van der Waals surface area contributed by atoms with Crippen molar-refractivity contribution in [2.45, 2.75) is 45.2 Å². The van der Waals surface area contributed by atoms with Crippen molar-refractivity contribution < 1.29 is 9.59 Å². The van der Waals surface area contributed by atoms with Crippen LogP contribution in [0.1, 0.15) is 45.6 Å². The van der Waals surface area contributed by atoms with Crippen molar-refractivity contribution in [2.24, 2.45) is 0 Å². The molecule has 0 spiro atoms. The van der Waals surface area contributed by atoms with Gasteiger partial charge in [-0.05, 0) is 55.4 Å². The Kier molecular flexibility index (Phi) is 5.31. The van der Waals surface area contributed by atoms with Gasteiger partial charge in [-0.2, -0.15) is 0 Å². The van der Waals surface area contributed by atoms with Crippen molar-refractivity contribution in [3.05, 3.63) is 62.5 Å². The van der Waals surface area contributed by atoms with E-state index in [0.29, 0.717) is 17.5 Å². The zero-order valence-electron chi connectivity index (χ0n) is 17.2. The van der Waals surface area contributed by atoms with Crippen LogP contribution in [0.3, 0.4) is 0 Å². The summed E-state index contributed by atoms with van der Waals surface area (Å²) in [6.07, 6.45) is 6.60. The highest BCUT2D eigenvalue weighted by Crippen LogP contribution is 2.34. The highest BCUT2D eigenvalue weighted by Gasteiger charge is 2.22. The number of carbonyl (C=O) groups excluding carboxylic acids is 2. The normalized spacial score (nSPS) is 15.4. The first-order chi connectivity index (χ1) is 15.1. The molecule has 7 nitrogen and oxygen atoms in total. The first kappa shape index (κ1) is 19.9. The number of aryl methyl sites for hydroxylation is 2. The lowest BCUT2D eigenvalue weighted by Crippen LogP contribution is -2.32. The molecular formula is C23H24N4O3S. The lowest BCUT2D eigenvalue weighted by Gasteiger charge is -2.15. The molecule has 1 saturated heterocycles. The van der Waals surface area contributed by atoms with Gasteiger partial charge < -0.3 is 10.2 Å². The molecule has 160 valence electrons. The Bertz CT molecular complexity index is 1210. The molecule has 2 aliphatic rings. The van der Waals surface area contributed by atoms with E-state index in [1.165, 1.54) is 15.8 Å². The van der Waals surface area contributed by atoms with Crippen molar-refractivity contribution in [3.63, 3.8) is 0 Å². The van der Waals surface area contributed by atoms with Gasteiger partial charge in [-0.25, -0.2) is 4.98 Å². The van der Waals surface area contributed by atoms with Gasteiger partial charge in [0.1, 0.15) is 11.4 Å². The summed E-state index contributed by atoms with van der Waals surface area (Å²) in [6, 6.07) is 7.33. The number of amides is 2. The molecule has 8 heteroatoms. The minimum Gasteiger partial charge on any atom is -0.350 e. The standard InChI is InChI=1S/C23H24N4O3S/c28-19(13-27-14-25-21-20(23(27)30)17-4-3-5-18(17)31-21)24-12-15-6-8-16(9-7-15)22(29)26-10-1-2-11-26/h6-9,14H,1-5,10-13H2,(H,24,28). The third kappa shape index (κ3) is 3.87. The fourth-order valence-corrected chi connectivity index (χ4v) is 5.63. The van der Waals surface area contributed by atoms with E-state index in [0.717, 1.165) is 61.2 Å². The van der Waals surface area contributed by atoms with E-state index in [1.807, 2.05) is 29.2 Å². The average Bonchev–Trinajstić information content (AvgIpc) is 3.52. The quantitative estimate of drug-likeness (QED) is 0.666.